The Bertz CT molecular complexity index is 672. The number of carbonyl (C=O) groups is 5. The second-order valence-electron chi connectivity index (χ2n) is 8.18. The molecule has 0 bridgehead atoms. The number of carboxylic acids is 2. The minimum absolute atomic E-state index is 0.298. The van der Waals surface area contributed by atoms with Gasteiger partial charge in [0.15, 0.2) is 0 Å². The predicted octanol–water partition coefficient (Wildman–Crippen LogP) is -0.217. The smallest absolute Gasteiger partial charge is 0.326 e. The summed E-state index contributed by atoms with van der Waals surface area (Å²) in [5, 5.41) is 25.5. The van der Waals surface area contributed by atoms with Gasteiger partial charge in [-0.25, -0.2) is 4.79 Å². The summed E-state index contributed by atoms with van der Waals surface area (Å²) in [6.07, 6.45) is 1.61. The van der Waals surface area contributed by atoms with Crippen LogP contribution in [0.2, 0.25) is 0 Å². The van der Waals surface area contributed by atoms with Crippen LogP contribution in [0.3, 0.4) is 0 Å². The van der Waals surface area contributed by atoms with Crippen LogP contribution in [0, 0.1) is 11.8 Å². The van der Waals surface area contributed by atoms with Gasteiger partial charge in [0.1, 0.15) is 18.1 Å². The maximum atomic E-state index is 12.9. The maximum Gasteiger partial charge on any atom is 0.326 e. The van der Waals surface area contributed by atoms with Crippen molar-refractivity contribution in [1.29, 1.82) is 0 Å². The van der Waals surface area contributed by atoms with Crippen molar-refractivity contribution in [2.45, 2.75) is 71.1 Å². The van der Waals surface area contributed by atoms with E-state index in [9.17, 15) is 29.1 Å². The number of rotatable bonds is 15. The van der Waals surface area contributed by atoms with Crippen LogP contribution in [0.1, 0.15) is 47.0 Å². The van der Waals surface area contributed by atoms with Gasteiger partial charge in [-0.05, 0) is 36.7 Å². The minimum Gasteiger partial charge on any atom is -0.481 e. The fraction of sp³-hybridized carbons (Fsp3) is 0.750. The molecule has 0 fully saturated rings. The number of carboxylic acid groups (broad SMARTS) is 2. The molecule has 12 heteroatoms. The van der Waals surface area contributed by atoms with Gasteiger partial charge in [-0.3, -0.25) is 19.2 Å². The Morgan fingerprint density at radius 2 is 1.28 bits per heavy atom. The maximum absolute atomic E-state index is 12.9. The van der Waals surface area contributed by atoms with Gasteiger partial charge >= 0.3 is 11.9 Å². The lowest BCUT2D eigenvalue weighted by atomic mass is 9.98. The molecule has 7 N–H and O–H groups in total. The molecular formula is C20H36N4O7S. The summed E-state index contributed by atoms with van der Waals surface area (Å²) in [4.78, 5) is 60.0. The molecule has 0 saturated carbocycles. The van der Waals surface area contributed by atoms with Crippen molar-refractivity contribution >= 4 is 41.4 Å². The van der Waals surface area contributed by atoms with Crippen LogP contribution in [-0.2, 0) is 24.0 Å². The first-order valence-corrected chi connectivity index (χ1v) is 11.8. The molecule has 0 spiro atoms. The van der Waals surface area contributed by atoms with Gasteiger partial charge in [0.2, 0.25) is 17.7 Å². The first-order chi connectivity index (χ1) is 14.8. The zero-order valence-corrected chi connectivity index (χ0v) is 20.0. The van der Waals surface area contributed by atoms with Gasteiger partial charge in [-0.1, -0.05) is 27.7 Å². The number of hydrogen-bond donors (Lipinski definition) is 6. The van der Waals surface area contributed by atoms with Crippen LogP contribution in [-0.4, -0.2) is 76.0 Å². The highest BCUT2D eigenvalue weighted by Gasteiger charge is 2.33. The zero-order chi connectivity index (χ0) is 25.0. The molecule has 184 valence electrons. The molecule has 0 heterocycles. The van der Waals surface area contributed by atoms with Crippen molar-refractivity contribution in [1.82, 2.24) is 16.0 Å². The number of carbonyl (C=O) groups excluding carboxylic acids is 3. The summed E-state index contributed by atoms with van der Waals surface area (Å²) in [5.41, 5.74) is 5.86. The van der Waals surface area contributed by atoms with E-state index in [0.717, 1.165) is 0 Å². The minimum atomic E-state index is -1.41. The largest absolute Gasteiger partial charge is 0.481 e. The average molecular weight is 477 g/mol. The molecule has 0 aromatic heterocycles. The fourth-order valence-corrected chi connectivity index (χ4v) is 3.23. The van der Waals surface area contributed by atoms with E-state index in [0.29, 0.717) is 12.2 Å². The van der Waals surface area contributed by atoms with Crippen molar-refractivity contribution in [3.63, 3.8) is 0 Å². The highest BCUT2D eigenvalue weighted by Crippen LogP contribution is 2.09. The highest BCUT2D eigenvalue weighted by molar-refractivity contribution is 7.98. The van der Waals surface area contributed by atoms with E-state index in [1.54, 1.807) is 39.5 Å². The summed E-state index contributed by atoms with van der Waals surface area (Å²) in [5.74, 6) is -4.41. The second-order valence-corrected chi connectivity index (χ2v) is 9.17. The molecule has 0 aliphatic heterocycles. The molecule has 0 aliphatic carbocycles. The number of hydrogen-bond acceptors (Lipinski definition) is 7. The summed E-state index contributed by atoms with van der Waals surface area (Å²) < 4.78 is 0. The highest BCUT2D eigenvalue weighted by atomic mass is 32.2. The van der Waals surface area contributed by atoms with Crippen LogP contribution >= 0.6 is 11.8 Å². The first kappa shape index (κ1) is 29.7. The van der Waals surface area contributed by atoms with Crippen LogP contribution in [0.4, 0.5) is 0 Å². The molecule has 0 aromatic carbocycles. The van der Waals surface area contributed by atoms with E-state index in [1.807, 2.05) is 6.26 Å². The van der Waals surface area contributed by atoms with Crippen molar-refractivity contribution in [3.8, 4) is 0 Å². The molecule has 32 heavy (non-hydrogen) atoms. The topological polar surface area (TPSA) is 188 Å². The van der Waals surface area contributed by atoms with Gasteiger partial charge in [0.05, 0.1) is 6.04 Å². The number of nitrogens with one attached hydrogen (secondary N) is 3. The van der Waals surface area contributed by atoms with Gasteiger partial charge in [0, 0.05) is 6.42 Å². The predicted molar refractivity (Wildman–Crippen MR) is 121 cm³/mol. The lowest BCUT2D eigenvalue weighted by molar-refractivity contribution is -0.143. The van der Waals surface area contributed by atoms with E-state index in [-0.39, 0.29) is 12.3 Å². The number of aliphatic carboxylic acids is 2. The van der Waals surface area contributed by atoms with Crippen LogP contribution < -0.4 is 21.7 Å². The summed E-state index contributed by atoms with van der Waals surface area (Å²) in [6.45, 7) is 6.79. The summed E-state index contributed by atoms with van der Waals surface area (Å²) >= 11 is 1.55. The SMILES string of the molecule is CSCCC(N)C(=O)NC(C(=O)NC(C(=O)NC(CCC(=O)O)C(=O)O)C(C)C)C(C)C. The summed E-state index contributed by atoms with van der Waals surface area (Å²) in [6, 6.07) is -4.21. The van der Waals surface area contributed by atoms with Crippen LogP contribution in [0.5, 0.6) is 0 Å². The van der Waals surface area contributed by atoms with E-state index in [2.05, 4.69) is 16.0 Å². The average Bonchev–Trinajstić information content (AvgIpc) is 2.69. The molecule has 0 aromatic rings. The van der Waals surface area contributed by atoms with Gasteiger partial charge in [-0.15, -0.1) is 0 Å². The Balaban J connectivity index is 5.30. The molecule has 4 unspecified atom stereocenters. The molecule has 0 aliphatic rings. The second kappa shape index (κ2) is 14.7. The number of thioether (sulfide) groups is 1. The number of amides is 3. The van der Waals surface area contributed by atoms with Crippen molar-refractivity contribution in [3.05, 3.63) is 0 Å². The Labute approximate surface area is 192 Å². The third-order valence-corrected chi connectivity index (χ3v) is 5.37. The molecule has 0 rings (SSSR count). The molecule has 0 saturated heterocycles. The third-order valence-electron chi connectivity index (χ3n) is 4.73. The Morgan fingerprint density at radius 3 is 1.69 bits per heavy atom. The van der Waals surface area contributed by atoms with E-state index in [4.69, 9.17) is 10.8 Å². The normalized spacial score (nSPS) is 14.9. The van der Waals surface area contributed by atoms with E-state index < -0.39 is 66.2 Å². The van der Waals surface area contributed by atoms with Crippen molar-refractivity contribution < 1.29 is 34.2 Å². The molecule has 0 radical (unpaired) electrons. The van der Waals surface area contributed by atoms with Crippen molar-refractivity contribution in [2.24, 2.45) is 17.6 Å². The van der Waals surface area contributed by atoms with Gasteiger partial charge in [0.25, 0.3) is 0 Å². The lowest BCUT2D eigenvalue weighted by Gasteiger charge is -2.28. The Morgan fingerprint density at radius 1 is 0.812 bits per heavy atom. The summed E-state index contributed by atoms with van der Waals surface area (Å²) in [7, 11) is 0. The molecule has 3 amide bonds. The van der Waals surface area contributed by atoms with E-state index in [1.165, 1.54) is 0 Å². The first-order valence-electron chi connectivity index (χ1n) is 10.4. The van der Waals surface area contributed by atoms with E-state index >= 15 is 0 Å². The zero-order valence-electron chi connectivity index (χ0n) is 19.2. The third kappa shape index (κ3) is 10.8. The Hall–Kier alpha value is -2.34. The van der Waals surface area contributed by atoms with Crippen LogP contribution in [0.15, 0.2) is 0 Å². The standard InChI is InChI=1S/C20H36N4O7S/c1-10(2)15(18(28)22-13(20(30)31)6-7-14(25)26)24-19(29)16(11(3)4)23-17(27)12(21)8-9-32-5/h10-13,15-16H,6-9,21H2,1-5H3,(H,22,28)(H,23,27)(H,24,29)(H,25,26)(H,30,31). The van der Waals surface area contributed by atoms with Gasteiger partial charge < -0.3 is 31.9 Å². The van der Waals surface area contributed by atoms with Crippen molar-refractivity contribution in [2.75, 3.05) is 12.0 Å². The molecular weight excluding hydrogens is 440 g/mol. The van der Waals surface area contributed by atoms with Crippen LogP contribution in [0.25, 0.3) is 0 Å². The lowest BCUT2D eigenvalue weighted by Crippen LogP contribution is -2.59. The fourth-order valence-electron chi connectivity index (χ4n) is 2.74. The van der Waals surface area contributed by atoms with Gasteiger partial charge in [-0.2, -0.15) is 11.8 Å². The number of nitrogens with two attached hydrogens (primary N) is 1. The molecule has 11 nitrogen and oxygen atoms in total. The monoisotopic (exact) mass is 476 g/mol. The molecule has 4 atom stereocenters. The Kier molecular flexibility index (Phi) is 13.6. The quantitative estimate of drug-likeness (QED) is 0.186.